The molecule has 2 rings (SSSR count). The van der Waals surface area contributed by atoms with Crippen LogP contribution < -0.4 is 4.72 Å². The first-order chi connectivity index (χ1) is 11.3. The summed E-state index contributed by atoms with van der Waals surface area (Å²) in [7, 11) is -0.329. The number of hydrogen-bond donors (Lipinski definition) is 2. The van der Waals surface area contributed by atoms with Gasteiger partial charge in [-0.25, -0.2) is 13.1 Å². The third-order valence-electron chi connectivity index (χ3n) is 4.06. The fourth-order valence-corrected chi connectivity index (χ4v) is 3.98. The Morgan fingerprint density at radius 2 is 1.96 bits per heavy atom. The molecule has 1 aromatic rings. The molecule has 1 aliphatic heterocycles. The number of nitrogens with one attached hydrogen (secondary N) is 1. The minimum atomic E-state index is -3.67. The molecular weight excluding hydrogens is 332 g/mol. The van der Waals surface area contributed by atoms with Crippen molar-refractivity contribution in [3.8, 4) is 0 Å². The maximum absolute atomic E-state index is 12.4. The van der Waals surface area contributed by atoms with Gasteiger partial charge in [-0.3, -0.25) is 4.79 Å². The molecule has 1 fully saturated rings. The van der Waals surface area contributed by atoms with Crippen molar-refractivity contribution < 1.29 is 23.1 Å². The molecule has 8 heteroatoms. The third-order valence-corrected chi connectivity index (χ3v) is 5.56. The number of rotatable bonds is 6. The summed E-state index contributed by atoms with van der Waals surface area (Å²) in [6.07, 6.45) is 0.300. The third kappa shape index (κ3) is 4.76. The van der Waals surface area contributed by atoms with Gasteiger partial charge in [0, 0.05) is 14.1 Å². The van der Waals surface area contributed by atoms with Crippen LogP contribution in [0.3, 0.4) is 0 Å². The van der Waals surface area contributed by atoms with Crippen molar-refractivity contribution in [3.05, 3.63) is 30.3 Å². The van der Waals surface area contributed by atoms with Crippen LogP contribution in [0.25, 0.3) is 0 Å². The van der Waals surface area contributed by atoms with E-state index in [1.54, 1.807) is 32.3 Å². The van der Waals surface area contributed by atoms with Gasteiger partial charge in [0.1, 0.15) is 0 Å². The number of carbonyl (C=O) groups excluding carboxylic acids is 1. The lowest BCUT2D eigenvalue weighted by molar-refractivity contribution is -0.137. The zero-order valence-electron chi connectivity index (χ0n) is 13.9. The van der Waals surface area contributed by atoms with Crippen molar-refractivity contribution >= 4 is 15.9 Å². The van der Waals surface area contributed by atoms with Crippen molar-refractivity contribution in [1.29, 1.82) is 0 Å². The van der Waals surface area contributed by atoms with Crippen molar-refractivity contribution in [2.45, 2.75) is 42.4 Å². The SMILES string of the molecule is CN(C)C(=O)C[C@@H]1CC[C@@H](NS(=O)(=O)c2ccccc2)[C@H](CO)O1. The zero-order valence-corrected chi connectivity index (χ0v) is 14.7. The summed E-state index contributed by atoms with van der Waals surface area (Å²) in [6.45, 7) is -0.311. The normalized spacial score (nSPS) is 24.5. The van der Waals surface area contributed by atoms with E-state index in [1.165, 1.54) is 17.0 Å². The van der Waals surface area contributed by atoms with Crippen LogP contribution in [0.2, 0.25) is 0 Å². The summed E-state index contributed by atoms with van der Waals surface area (Å²) in [6, 6.07) is 7.55. The molecule has 0 aromatic heterocycles. The highest BCUT2D eigenvalue weighted by Crippen LogP contribution is 2.23. The Bertz CT molecular complexity index is 648. The highest BCUT2D eigenvalue weighted by atomic mass is 32.2. The molecule has 0 radical (unpaired) electrons. The van der Waals surface area contributed by atoms with Gasteiger partial charge in [-0.2, -0.15) is 0 Å². The van der Waals surface area contributed by atoms with E-state index in [0.717, 1.165) is 0 Å². The van der Waals surface area contributed by atoms with Gasteiger partial charge in [0.05, 0.1) is 36.2 Å². The second-order valence-corrected chi connectivity index (χ2v) is 7.80. The monoisotopic (exact) mass is 356 g/mol. The fraction of sp³-hybridized carbons (Fsp3) is 0.562. The Kier molecular flexibility index (Phi) is 6.34. The average Bonchev–Trinajstić information content (AvgIpc) is 2.56. The maximum atomic E-state index is 12.4. The van der Waals surface area contributed by atoms with E-state index in [4.69, 9.17) is 4.74 Å². The van der Waals surface area contributed by atoms with Gasteiger partial charge in [-0.05, 0) is 25.0 Å². The molecule has 24 heavy (non-hydrogen) atoms. The van der Waals surface area contributed by atoms with Gasteiger partial charge >= 0.3 is 0 Å². The van der Waals surface area contributed by atoms with Crippen LogP contribution in [0.5, 0.6) is 0 Å². The summed E-state index contributed by atoms with van der Waals surface area (Å²) in [5, 5.41) is 9.53. The second kappa shape index (κ2) is 8.06. The number of amides is 1. The number of benzene rings is 1. The van der Waals surface area contributed by atoms with E-state index in [0.29, 0.717) is 12.8 Å². The number of nitrogens with zero attached hydrogens (tertiary/aromatic N) is 1. The van der Waals surface area contributed by atoms with Crippen LogP contribution in [-0.4, -0.2) is 63.3 Å². The molecule has 1 amide bonds. The molecule has 0 saturated carbocycles. The fourth-order valence-electron chi connectivity index (χ4n) is 2.66. The highest BCUT2D eigenvalue weighted by Gasteiger charge is 2.34. The predicted molar refractivity (Wildman–Crippen MR) is 88.8 cm³/mol. The van der Waals surface area contributed by atoms with E-state index in [2.05, 4.69) is 4.72 Å². The van der Waals surface area contributed by atoms with Crippen molar-refractivity contribution in [1.82, 2.24) is 9.62 Å². The van der Waals surface area contributed by atoms with Crippen molar-refractivity contribution in [2.75, 3.05) is 20.7 Å². The van der Waals surface area contributed by atoms with E-state index >= 15 is 0 Å². The Hall–Kier alpha value is -1.48. The predicted octanol–water partition coefficient (Wildman–Crippen LogP) is 0.352. The van der Waals surface area contributed by atoms with Crippen LogP contribution in [0, 0.1) is 0 Å². The van der Waals surface area contributed by atoms with Gasteiger partial charge in [-0.1, -0.05) is 18.2 Å². The molecular formula is C16H24N2O5S. The molecule has 1 saturated heterocycles. The molecule has 0 aliphatic carbocycles. The highest BCUT2D eigenvalue weighted by molar-refractivity contribution is 7.89. The van der Waals surface area contributed by atoms with Crippen LogP contribution in [0.4, 0.5) is 0 Å². The van der Waals surface area contributed by atoms with Crippen LogP contribution in [-0.2, 0) is 19.6 Å². The lowest BCUT2D eigenvalue weighted by atomic mass is 9.98. The quantitative estimate of drug-likeness (QED) is 0.767. The summed E-state index contributed by atoms with van der Waals surface area (Å²) in [5.74, 6) is -0.0555. The molecule has 1 aromatic carbocycles. The smallest absolute Gasteiger partial charge is 0.240 e. The summed E-state index contributed by atoms with van der Waals surface area (Å²) < 4.78 is 33.1. The number of aliphatic hydroxyl groups excluding tert-OH is 1. The summed E-state index contributed by atoms with van der Waals surface area (Å²) >= 11 is 0. The van der Waals surface area contributed by atoms with Gasteiger partial charge in [0.15, 0.2) is 0 Å². The number of hydrogen-bond acceptors (Lipinski definition) is 5. The van der Waals surface area contributed by atoms with Crippen LogP contribution in [0.15, 0.2) is 35.2 Å². The maximum Gasteiger partial charge on any atom is 0.240 e. The van der Waals surface area contributed by atoms with Gasteiger partial charge < -0.3 is 14.7 Å². The van der Waals surface area contributed by atoms with Gasteiger partial charge in [0.2, 0.25) is 15.9 Å². The van der Waals surface area contributed by atoms with Crippen LogP contribution >= 0.6 is 0 Å². The first kappa shape index (κ1) is 18.9. The Morgan fingerprint density at radius 3 is 2.54 bits per heavy atom. The van der Waals surface area contributed by atoms with E-state index in [9.17, 15) is 18.3 Å². The first-order valence-corrected chi connectivity index (χ1v) is 9.35. The van der Waals surface area contributed by atoms with E-state index in [-0.39, 0.29) is 29.9 Å². The molecule has 0 spiro atoms. The molecule has 7 nitrogen and oxygen atoms in total. The minimum Gasteiger partial charge on any atom is -0.394 e. The van der Waals surface area contributed by atoms with Crippen molar-refractivity contribution in [3.63, 3.8) is 0 Å². The van der Waals surface area contributed by atoms with E-state index in [1.807, 2.05) is 0 Å². The number of ether oxygens (including phenoxy) is 1. The Labute approximate surface area is 142 Å². The topological polar surface area (TPSA) is 95.9 Å². The Morgan fingerprint density at radius 1 is 1.29 bits per heavy atom. The lowest BCUT2D eigenvalue weighted by Crippen LogP contribution is -2.51. The standard InChI is InChI=1S/C16H24N2O5S/c1-18(2)16(20)10-12-8-9-14(15(11-19)23-12)17-24(21,22)13-6-4-3-5-7-13/h3-7,12,14-15,17,19H,8-11H2,1-2H3/t12-,14+,15-/m0/s1. The number of aliphatic hydroxyl groups is 1. The Balaban J connectivity index is 2.01. The summed E-state index contributed by atoms with van der Waals surface area (Å²) in [4.78, 5) is 13.4. The molecule has 2 N–H and O–H groups in total. The first-order valence-electron chi connectivity index (χ1n) is 7.87. The zero-order chi connectivity index (χ0) is 17.7. The number of carbonyl (C=O) groups is 1. The largest absolute Gasteiger partial charge is 0.394 e. The van der Waals surface area contributed by atoms with Gasteiger partial charge in [-0.15, -0.1) is 0 Å². The molecule has 134 valence electrons. The molecule has 1 aliphatic rings. The summed E-state index contributed by atoms with van der Waals surface area (Å²) in [5.41, 5.74) is 0. The van der Waals surface area contributed by atoms with E-state index < -0.39 is 22.2 Å². The lowest BCUT2D eigenvalue weighted by Gasteiger charge is -2.36. The molecule has 0 bridgehead atoms. The molecule has 0 unspecified atom stereocenters. The second-order valence-electron chi connectivity index (χ2n) is 6.09. The number of sulfonamides is 1. The molecule has 3 atom stereocenters. The van der Waals surface area contributed by atoms with Crippen molar-refractivity contribution in [2.24, 2.45) is 0 Å². The average molecular weight is 356 g/mol. The van der Waals surface area contributed by atoms with Gasteiger partial charge in [0.25, 0.3) is 0 Å². The van der Waals surface area contributed by atoms with Crippen LogP contribution in [0.1, 0.15) is 19.3 Å². The molecule has 1 heterocycles. The minimum absolute atomic E-state index is 0.0555.